The number of alkyl halides is 3. The van der Waals surface area contributed by atoms with Crippen molar-refractivity contribution < 1.29 is 26.9 Å². The number of nitrogens with one attached hydrogen (secondary N) is 1. The molecule has 7 nitrogen and oxygen atoms in total. The summed E-state index contributed by atoms with van der Waals surface area (Å²) in [5.41, 5.74) is 0.726. The minimum absolute atomic E-state index is 0.116. The number of benzene rings is 2. The molecule has 30 heavy (non-hydrogen) atoms. The number of imidazole rings is 1. The van der Waals surface area contributed by atoms with Crippen molar-refractivity contribution in [2.24, 2.45) is 0 Å². The summed E-state index contributed by atoms with van der Waals surface area (Å²) in [6.07, 6.45) is -0.259. The maximum atomic E-state index is 14.3. The highest BCUT2D eigenvalue weighted by Crippen LogP contribution is 2.29. The predicted octanol–water partition coefficient (Wildman–Crippen LogP) is 4.33. The summed E-state index contributed by atoms with van der Waals surface area (Å²) in [6.45, 7) is 0. The number of nitrogens with zero attached hydrogens (tertiary/aromatic N) is 4. The van der Waals surface area contributed by atoms with E-state index >= 15 is 0 Å². The van der Waals surface area contributed by atoms with Gasteiger partial charge in [-0.1, -0.05) is 17.3 Å². The third kappa shape index (κ3) is 3.90. The Labute approximate surface area is 166 Å². The monoisotopic (exact) mass is 417 g/mol. The zero-order valence-corrected chi connectivity index (χ0v) is 14.9. The molecule has 0 saturated carbocycles. The molecule has 2 heterocycles. The van der Waals surface area contributed by atoms with Gasteiger partial charge in [0.2, 0.25) is 5.82 Å². The SMILES string of the molecule is O=C(Nc1ccc(-n2ccnc2)c(F)c1)c1cccc(-c2noc(C(F)(F)F)n2)c1. The number of carbonyl (C=O) groups is 1. The van der Waals surface area contributed by atoms with Gasteiger partial charge in [0, 0.05) is 29.2 Å². The number of carbonyl (C=O) groups excluding carboxylic acids is 1. The fraction of sp³-hybridized carbons (Fsp3) is 0.0526. The molecule has 11 heteroatoms. The van der Waals surface area contributed by atoms with Crippen molar-refractivity contribution in [2.45, 2.75) is 6.18 Å². The molecule has 0 aliphatic rings. The van der Waals surface area contributed by atoms with Crippen LogP contribution in [0.4, 0.5) is 23.2 Å². The first-order chi connectivity index (χ1) is 14.3. The van der Waals surface area contributed by atoms with Gasteiger partial charge in [0.1, 0.15) is 5.82 Å². The molecule has 0 unspecified atom stereocenters. The van der Waals surface area contributed by atoms with Crippen molar-refractivity contribution >= 4 is 11.6 Å². The number of aromatic nitrogens is 4. The lowest BCUT2D eigenvalue weighted by atomic mass is 10.1. The molecular weight excluding hydrogens is 406 g/mol. The van der Waals surface area contributed by atoms with Gasteiger partial charge in [-0.3, -0.25) is 4.79 Å². The number of anilines is 1. The van der Waals surface area contributed by atoms with Crippen LogP contribution in [-0.4, -0.2) is 25.6 Å². The van der Waals surface area contributed by atoms with Crippen molar-refractivity contribution in [3.8, 4) is 17.1 Å². The predicted molar refractivity (Wildman–Crippen MR) is 96.2 cm³/mol. The van der Waals surface area contributed by atoms with E-state index in [9.17, 15) is 22.4 Å². The molecule has 152 valence electrons. The molecule has 0 saturated heterocycles. The topological polar surface area (TPSA) is 85.8 Å². The lowest BCUT2D eigenvalue weighted by Crippen LogP contribution is -2.12. The minimum atomic E-state index is -4.77. The maximum Gasteiger partial charge on any atom is 0.471 e. The van der Waals surface area contributed by atoms with Gasteiger partial charge in [-0.25, -0.2) is 9.37 Å². The minimum Gasteiger partial charge on any atom is -0.329 e. The Morgan fingerprint density at radius 1 is 1.13 bits per heavy atom. The van der Waals surface area contributed by atoms with Gasteiger partial charge in [-0.15, -0.1) is 0 Å². The number of hydrogen-bond acceptors (Lipinski definition) is 5. The van der Waals surface area contributed by atoms with Crippen LogP contribution in [0.2, 0.25) is 0 Å². The average molecular weight is 417 g/mol. The number of amides is 1. The summed E-state index contributed by atoms with van der Waals surface area (Å²) >= 11 is 0. The smallest absolute Gasteiger partial charge is 0.329 e. The Morgan fingerprint density at radius 3 is 2.63 bits per heavy atom. The summed E-state index contributed by atoms with van der Waals surface area (Å²) in [4.78, 5) is 19.6. The van der Waals surface area contributed by atoms with Crippen LogP contribution in [0, 0.1) is 5.82 Å². The lowest BCUT2D eigenvalue weighted by Gasteiger charge is -2.09. The van der Waals surface area contributed by atoms with E-state index in [4.69, 9.17) is 0 Å². The highest BCUT2D eigenvalue weighted by atomic mass is 19.4. The molecule has 1 amide bonds. The molecule has 4 rings (SSSR count). The molecule has 0 spiro atoms. The van der Waals surface area contributed by atoms with Crippen LogP contribution in [0.5, 0.6) is 0 Å². The summed E-state index contributed by atoms with van der Waals surface area (Å²) in [6, 6.07) is 9.76. The average Bonchev–Trinajstić information content (AvgIpc) is 3.40. The van der Waals surface area contributed by atoms with Crippen molar-refractivity contribution in [1.82, 2.24) is 19.7 Å². The molecule has 2 aromatic heterocycles. The first-order valence-corrected chi connectivity index (χ1v) is 8.42. The van der Waals surface area contributed by atoms with Crippen LogP contribution >= 0.6 is 0 Å². The highest BCUT2D eigenvalue weighted by molar-refractivity contribution is 6.04. The van der Waals surface area contributed by atoms with E-state index in [0.717, 1.165) is 6.07 Å². The van der Waals surface area contributed by atoms with Gasteiger partial charge in [-0.2, -0.15) is 18.2 Å². The van der Waals surface area contributed by atoms with Crippen LogP contribution in [0.3, 0.4) is 0 Å². The standard InChI is InChI=1S/C19H11F4N5O2/c20-14-9-13(4-5-15(14)28-7-6-24-10-28)25-17(29)12-3-1-2-11(8-12)16-26-18(30-27-16)19(21,22)23/h1-10H,(H,25,29). The van der Waals surface area contributed by atoms with Crippen LogP contribution in [0.15, 0.2) is 65.7 Å². The van der Waals surface area contributed by atoms with E-state index in [-0.39, 0.29) is 28.3 Å². The lowest BCUT2D eigenvalue weighted by molar-refractivity contribution is -0.159. The molecule has 4 aromatic rings. The van der Waals surface area contributed by atoms with Gasteiger partial charge in [0.15, 0.2) is 0 Å². The first kappa shape index (κ1) is 19.3. The van der Waals surface area contributed by atoms with Gasteiger partial charge in [-0.05, 0) is 30.3 Å². The van der Waals surface area contributed by atoms with E-state index < -0.39 is 23.8 Å². The first-order valence-electron chi connectivity index (χ1n) is 8.42. The second kappa shape index (κ2) is 7.43. The molecular formula is C19H11F4N5O2. The summed E-state index contributed by atoms with van der Waals surface area (Å²) in [5.74, 6) is -2.97. The number of halogens is 4. The van der Waals surface area contributed by atoms with E-state index in [1.165, 1.54) is 53.5 Å². The summed E-state index contributed by atoms with van der Waals surface area (Å²) in [5, 5.41) is 5.82. The second-order valence-electron chi connectivity index (χ2n) is 6.09. The molecule has 0 aliphatic heterocycles. The van der Waals surface area contributed by atoms with Crippen LogP contribution < -0.4 is 5.32 Å². The van der Waals surface area contributed by atoms with Crippen molar-refractivity contribution in [3.63, 3.8) is 0 Å². The van der Waals surface area contributed by atoms with E-state index in [2.05, 4.69) is 25.0 Å². The maximum absolute atomic E-state index is 14.3. The van der Waals surface area contributed by atoms with E-state index in [1.807, 2.05) is 0 Å². The summed E-state index contributed by atoms with van der Waals surface area (Å²) < 4.78 is 57.9. The molecule has 0 bridgehead atoms. The number of rotatable bonds is 4. The Balaban J connectivity index is 1.54. The van der Waals surface area contributed by atoms with Crippen molar-refractivity contribution in [3.05, 3.63) is 78.5 Å². The molecule has 2 aromatic carbocycles. The molecule has 0 fully saturated rings. The molecule has 1 N–H and O–H groups in total. The largest absolute Gasteiger partial charge is 0.471 e. The quantitative estimate of drug-likeness (QED) is 0.500. The second-order valence-corrected chi connectivity index (χ2v) is 6.09. The third-order valence-electron chi connectivity index (χ3n) is 4.04. The van der Waals surface area contributed by atoms with Gasteiger partial charge < -0.3 is 14.4 Å². The van der Waals surface area contributed by atoms with Gasteiger partial charge in [0.05, 0.1) is 12.0 Å². The third-order valence-corrected chi connectivity index (χ3v) is 4.04. The highest BCUT2D eigenvalue weighted by Gasteiger charge is 2.38. The van der Waals surface area contributed by atoms with Crippen molar-refractivity contribution in [2.75, 3.05) is 5.32 Å². The Hall–Kier alpha value is -4.02. The molecule has 0 radical (unpaired) electrons. The van der Waals surface area contributed by atoms with Gasteiger partial charge in [0.25, 0.3) is 5.91 Å². The Kier molecular flexibility index (Phi) is 4.78. The molecule has 0 atom stereocenters. The normalized spacial score (nSPS) is 11.5. The fourth-order valence-corrected chi connectivity index (χ4v) is 2.65. The zero-order valence-electron chi connectivity index (χ0n) is 14.9. The Morgan fingerprint density at radius 2 is 1.97 bits per heavy atom. The number of hydrogen-bond donors (Lipinski definition) is 1. The van der Waals surface area contributed by atoms with Crippen LogP contribution in [0.25, 0.3) is 17.1 Å². The summed E-state index contributed by atoms with van der Waals surface area (Å²) in [7, 11) is 0. The van der Waals surface area contributed by atoms with Crippen LogP contribution in [-0.2, 0) is 6.18 Å². The van der Waals surface area contributed by atoms with E-state index in [1.54, 1.807) is 6.20 Å². The fourth-order valence-electron chi connectivity index (χ4n) is 2.65. The zero-order chi connectivity index (χ0) is 21.3. The van der Waals surface area contributed by atoms with Gasteiger partial charge >= 0.3 is 12.1 Å². The van der Waals surface area contributed by atoms with Crippen LogP contribution in [0.1, 0.15) is 16.2 Å². The van der Waals surface area contributed by atoms with Crippen molar-refractivity contribution in [1.29, 1.82) is 0 Å². The molecule has 0 aliphatic carbocycles. The van der Waals surface area contributed by atoms with E-state index in [0.29, 0.717) is 0 Å². The Bertz CT molecular complexity index is 1200.